The highest BCUT2D eigenvalue weighted by atomic mass is 35.5. The van der Waals surface area contributed by atoms with Crippen molar-refractivity contribution in [2.45, 2.75) is 19.0 Å². The van der Waals surface area contributed by atoms with E-state index in [1.54, 1.807) is 0 Å². The molecule has 0 unspecified atom stereocenters. The second kappa shape index (κ2) is 5.99. The van der Waals surface area contributed by atoms with Crippen LogP contribution in [-0.4, -0.2) is 41.4 Å². The Hall–Kier alpha value is -1.84. The van der Waals surface area contributed by atoms with E-state index in [9.17, 15) is 4.79 Å². The molecular formula is C19H19ClN2O. The third kappa shape index (κ3) is 2.87. The molecule has 1 saturated heterocycles. The van der Waals surface area contributed by atoms with Crippen LogP contribution in [0.5, 0.6) is 0 Å². The van der Waals surface area contributed by atoms with Gasteiger partial charge in [-0.25, -0.2) is 0 Å². The van der Waals surface area contributed by atoms with Crippen molar-refractivity contribution in [3.05, 3.63) is 70.2 Å². The molecule has 4 rings (SSSR count). The standard InChI is InChI=1S/C19H19ClN2O/c20-16-6-7-18-15(10-16)11-17-13-21(8-9-22(17)19(18)23)12-14-4-2-1-3-5-14/h1-7,10,17H,8-9,11-13H2/t17-/m1/s1. The number of halogens is 1. The second-order valence-corrected chi connectivity index (χ2v) is 6.82. The minimum atomic E-state index is 0.160. The number of hydrogen-bond acceptors (Lipinski definition) is 2. The SMILES string of the molecule is O=C1c2ccc(Cl)cc2C[C@@H]2CN(Cc3ccccc3)CCN12. The lowest BCUT2D eigenvalue weighted by Crippen LogP contribution is -2.57. The topological polar surface area (TPSA) is 23.6 Å². The third-order valence-electron chi connectivity index (χ3n) is 4.83. The number of rotatable bonds is 2. The summed E-state index contributed by atoms with van der Waals surface area (Å²) in [5, 5.41) is 0.710. The number of piperazine rings is 1. The highest BCUT2D eigenvalue weighted by molar-refractivity contribution is 6.30. The van der Waals surface area contributed by atoms with Gasteiger partial charge < -0.3 is 4.90 Å². The first-order valence-corrected chi connectivity index (χ1v) is 8.44. The van der Waals surface area contributed by atoms with Crippen LogP contribution in [0.3, 0.4) is 0 Å². The molecule has 3 nitrogen and oxygen atoms in total. The first-order chi connectivity index (χ1) is 11.2. The van der Waals surface area contributed by atoms with Crippen LogP contribution in [0.25, 0.3) is 0 Å². The molecule has 2 heterocycles. The molecule has 1 amide bonds. The lowest BCUT2D eigenvalue weighted by Gasteiger charge is -2.44. The molecule has 0 N–H and O–H groups in total. The number of hydrogen-bond donors (Lipinski definition) is 0. The maximum Gasteiger partial charge on any atom is 0.254 e. The summed E-state index contributed by atoms with van der Waals surface area (Å²) in [6.07, 6.45) is 0.896. The van der Waals surface area contributed by atoms with Crippen molar-refractivity contribution in [3.63, 3.8) is 0 Å². The predicted molar refractivity (Wildman–Crippen MR) is 91.7 cm³/mol. The van der Waals surface area contributed by atoms with Crippen LogP contribution in [0, 0.1) is 0 Å². The molecule has 23 heavy (non-hydrogen) atoms. The van der Waals surface area contributed by atoms with Crippen molar-refractivity contribution in [3.8, 4) is 0 Å². The number of amides is 1. The van der Waals surface area contributed by atoms with E-state index in [1.165, 1.54) is 5.56 Å². The number of nitrogens with zero attached hydrogens (tertiary/aromatic N) is 2. The Balaban J connectivity index is 1.53. The number of carbonyl (C=O) groups excluding carboxylic acids is 1. The molecule has 0 bridgehead atoms. The summed E-state index contributed by atoms with van der Waals surface area (Å²) < 4.78 is 0. The van der Waals surface area contributed by atoms with Gasteiger partial charge in [0, 0.05) is 42.8 Å². The fourth-order valence-electron chi connectivity index (χ4n) is 3.70. The number of benzene rings is 2. The summed E-state index contributed by atoms with van der Waals surface area (Å²) in [4.78, 5) is 17.2. The van der Waals surface area contributed by atoms with Crippen LogP contribution in [0.1, 0.15) is 21.5 Å². The second-order valence-electron chi connectivity index (χ2n) is 6.38. The van der Waals surface area contributed by atoms with Crippen molar-refractivity contribution in [2.24, 2.45) is 0 Å². The Morgan fingerprint density at radius 1 is 1.09 bits per heavy atom. The first-order valence-electron chi connectivity index (χ1n) is 8.06. The van der Waals surface area contributed by atoms with Crippen LogP contribution in [0.2, 0.25) is 5.02 Å². The van der Waals surface area contributed by atoms with Crippen molar-refractivity contribution in [2.75, 3.05) is 19.6 Å². The fraction of sp³-hybridized carbons (Fsp3) is 0.316. The van der Waals surface area contributed by atoms with E-state index >= 15 is 0 Å². The van der Waals surface area contributed by atoms with Crippen LogP contribution in [0.15, 0.2) is 48.5 Å². The molecule has 0 aliphatic carbocycles. The predicted octanol–water partition coefficient (Wildman–Crippen LogP) is 3.22. The van der Waals surface area contributed by atoms with E-state index in [-0.39, 0.29) is 11.9 Å². The largest absolute Gasteiger partial charge is 0.333 e. The molecule has 2 aromatic carbocycles. The zero-order valence-electron chi connectivity index (χ0n) is 12.9. The molecule has 1 fully saturated rings. The molecular weight excluding hydrogens is 308 g/mol. The van der Waals surface area contributed by atoms with Crippen molar-refractivity contribution >= 4 is 17.5 Å². The molecule has 4 heteroatoms. The van der Waals surface area contributed by atoms with Gasteiger partial charge in [0.2, 0.25) is 0 Å². The summed E-state index contributed by atoms with van der Waals surface area (Å²) in [5.74, 6) is 0.160. The average molecular weight is 327 g/mol. The summed E-state index contributed by atoms with van der Waals surface area (Å²) in [7, 11) is 0. The van der Waals surface area contributed by atoms with E-state index in [0.29, 0.717) is 5.02 Å². The maximum atomic E-state index is 12.7. The van der Waals surface area contributed by atoms with Gasteiger partial charge in [-0.2, -0.15) is 0 Å². The summed E-state index contributed by atoms with van der Waals surface area (Å²) in [6, 6.07) is 16.4. The Labute approximate surface area is 141 Å². The van der Waals surface area contributed by atoms with Gasteiger partial charge in [-0.3, -0.25) is 9.69 Å². The number of carbonyl (C=O) groups is 1. The van der Waals surface area contributed by atoms with E-state index in [0.717, 1.165) is 43.7 Å². The van der Waals surface area contributed by atoms with Crippen LogP contribution < -0.4 is 0 Å². The van der Waals surface area contributed by atoms with E-state index in [4.69, 9.17) is 11.6 Å². The van der Waals surface area contributed by atoms with Gasteiger partial charge >= 0.3 is 0 Å². The summed E-state index contributed by atoms with van der Waals surface area (Å²) in [5.41, 5.74) is 3.24. The fourth-order valence-corrected chi connectivity index (χ4v) is 3.89. The van der Waals surface area contributed by atoms with Crippen LogP contribution >= 0.6 is 11.6 Å². The molecule has 0 aromatic heterocycles. The minimum Gasteiger partial charge on any atom is -0.333 e. The number of fused-ring (bicyclic) bond motifs is 2. The highest BCUT2D eigenvalue weighted by Crippen LogP contribution is 2.28. The Bertz CT molecular complexity index is 731. The maximum absolute atomic E-state index is 12.7. The average Bonchev–Trinajstić information content (AvgIpc) is 2.55. The van der Waals surface area contributed by atoms with Gasteiger partial charge in [0.15, 0.2) is 0 Å². The smallest absolute Gasteiger partial charge is 0.254 e. The Morgan fingerprint density at radius 3 is 2.74 bits per heavy atom. The van der Waals surface area contributed by atoms with Crippen LogP contribution in [-0.2, 0) is 13.0 Å². The van der Waals surface area contributed by atoms with Crippen LogP contribution in [0.4, 0.5) is 0 Å². The molecule has 0 spiro atoms. The van der Waals surface area contributed by atoms with Gasteiger partial charge in [0.05, 0.1) is 0 Å². The van der Waals surface area contributed by atoms with Gasteiger partial charge in [0.25, 0.3) is 5.91 Å². The van der Waals surface area contributed by atoms with E-state index in [2.05, 4.69) is 29.2 Å². The quantitative estimate of drug-likeness (QED) is 0.846. The van der Waals surface area contributed by atoms with E-state index < -0.39 is 0 Å². The van der Waals surface area contributed by atoms with Gasteiger partial charge in [0.1, 0.15) is 0 Å². The Morgan fingerprint density at radius 2 is 1.91 bits per heavy atom. The van der Waals surface area contributed by atoms with Gasteiger partial charge in [-0.15, -0.1) is 0 Å². The van der Waals surface area contributed by atoms with Crippen molar-refractivity contribution in [1.29, 1.82) is 0 Å². The van der Waals surface area contributed by atoms with E-state index in [1.807, 2.05) is 29.2 Å². The molecule has 118 valence electrons. The summed E-state index contributed by atoms with van der Waals surface area (Å²) in [6.45, 7) is 3.60. The molecule has 1 atom stereocenters. The lowest BCUT2D eigenvalue weighted by atomic mass is 9.91. The minimum absolute atomic E-state index is 0.160. The summed E-state index contributed by atoms with van der Waals surface area (Å²) >= 11 is 6.10. The third-order valence-corrected chi connectivity index (χ3v) is 5.07. The van der Waals surface area contributed by atoms with Gasteiger partial charge in [-0.05, 0) is 35.7 Å². The van der Waals surface area contributed by atoms with Crippen molar-refractivity contribution in [1.82, 2.24) is 9.80 Å². The van der Waals surface area contributed by atoms with Gasteiger partial charge in [-0.1, -0.05) is 41.9 Å². The molecule has 2 aliphatic rings. The lowest BCUT2D eigenvalue weighted by molar-refractivity contribution is 0.0402. The Kier molecular flexibility index (Phi) is 3.83. The molecule has 2 aromatic rings. The zero-order chi connectivity index (χ0) is 15.8. The monoisotopic (exact) mass is 326 g/mol. The zero-order valence-corrected chi connectivity index (χ0v) is 13.7. The molecule has 0 saturated carbocycles. The normalized spacial score (nSPS) is 21.0. The van der Waals surface area contributed by atoms with Crippen molar-refractivity contribution < 1.29 is 4.79 Å². The highest BCUT2D eigenvalue weighted by Gasteiger charge is 2.36. The molecule has 2 aliphatic heterocycles. The first kappa shape index (κ1) is 14.7. The molecule has 0 radical (unpaired) electrons.